The zero-order chi connectivity index (χ0) is 15.2. The molecule has 3 nitrogen and oxygen atoms in total. The fraction of sp³-hybridized carbons (Fsp3) is 0.0625. The zero-order valence-electron chi connectivity index (χ0n) is 11.0. The highest BCUT2D eigenvalue weighted by Crippen LogP contribution is 2.17. The summed E-state index contributed by atoms with van der Waals surface area (Å²) in [5.74, 6) is 3.36. The third-order valence-electron chi connectivity index (χ3n) is 2.68. The van der Waals surface area contributed by atoms with Crippen LogP contribution in [0.4, 0.5) is 14.5 Å². The van der Waals surface area contributed by atoms with Crippen LogP contribution in [0.3, 0.4) is 0 Å². The highest BCUT2D eigenvalue weighted by molar-refractivity contribution is 6.06. The third-order valence-corrected chi connectivity index (χ3v) is 2.68. The van der Waals surface area contributed by atoms with Crippen LogP contribution in [-0.4, -0.2) is 12.5 Å². The molecule has 2 aromatic carbocycles. The van der Waals surface area contributed by atoms with Crippen LogP contribution >= 0.6 is 0 Å². The number of carbonyl (C=O) groups is 1. The summed E-state index contributed by atoms with van der Waals surface area (Å²) in [6, 6.07) is 9.57. The summed E-state index contributed by atoms with van der Waals surface area (Å²) in [6.45, 7) is 0.169. The van der Waals surface area contributed by atoms with Gasteiger partial charge in [-0.15, -0.1) is 0 Å². The number of nitrogens with one attached hydrogen (secondary N) is 1. The molecule has 0 aliphatic rings. The number of anilines is 1. The Kier molecular flexibility index (Phi) is 4.64. The SMILES string of the molecule is NCC#Cc1ccccc1C(=O)Nc1ccc(F)cc1F. The number of nitrogens with two attached hydrogens (primary N) is 1. The molecule has 5 heteroatoms. The van der Waals surface area contributed by atoms with Crippen molar-refractivity contribution in [3.63, 3.8) is 0 Å². The van der Waals surface area contributed by atoms with Gasteiger partial charge in [0.2, 0.25) is 0 Å². The van der Waals surface area contributed by atoms with E-state index in [-0.39, 0.29) is 12.2 Å². The van der Waals surface area contributed by atoms with Crippen LogP contribution in [-0.2, 0) is 0 Å². The number of halogens is 2. The quantitative estimate of drug-likeness (QED) is 0.834. The molecule has 0 heterocycles. The van der Waals surface area contributed by atoms with Gasteiger partial charge in [0.15, 0.2) is 0 Å². The summed E-state index contributed by atoms with van der Waals surface area (Å²) >= 11 is 0. The number of amides is 1. The second kappa shape index (κ2) is 6.64. The van der Waals surface area contributed by atoms with Crippen LogP contribution in [0.25, 0.3) is 0 Å². The Hall–Kier alpha value is -2.71. The molecule has 0 aliphatic carbocycles. The molecule has 2 aromatic rings. The molecule has 0 saturated carbocycles. The van der Waals surface area contributed by atoms with E-state index in [4.69, 9.17) is 5.73 Å². The Morgan fingerprint density at radius 1 is 1.19 bits per heavy atom. The van der Waals surface area contributed by atoms with Gasteiger partial charge in [0.1, 0.15) is 11.6 Å². The first-order valence-electron chi connectivity index (χ1n) is 6.16. The molecule has 2 rings (SSSR count). The molecule has 106 valence electrons. The Bertz CT molecular complexity index is 733. The van der Waals surface area contributed by atoms with Gasteiger partial charge in [-0.2, -0.15) is 0 Å². The van der Waals surface area contributed by atoms with E-state index < -0.39 is 17.5 Å². The molecule has 0 radical (unpaired) electrons. The van der Waals surface area contributed by atoms with Crippen molar-refractivity contribution in [2.24, 2.45) is 5.73 Å². The number of benzene rings is 2. The molecule has 0 atom stereocenters. The maximum absolute atomic E-state index is 13.5. The lowest BCUT2D eigenvalue weighted by Crippen LogP contribution is -2.14. The molecule has 0 unspecified atom stereocenters. The first-order valence-corrected chi connectivity index (χ1v) is 6.16. The maximum atomic E-state index is 13.5. The molecular formula is C16H12F2N2O. The predicted molar refractivity (Wildman–Crippen MR) is 76.7 cm³/mol. The standard InChI is InChI=1S/C16H12F2N2O/c17-12-7-8-15(14(18)10-12)20-16(21)13-6-2-1-4-11(13)5-3-9-19/h1-2,4,6-8,10H,9,19H2,(H,20,21). The van der Waals surface area contributed by atoms with Gasteiger partial charge in [-0.1, -0.05) is 24.0 Å². The molecule has 0 bridgehead atoms. The van der Waals surface area contributed by atoms with E-state index in [0.717, 1.165) is 12.1 Å². The van der Waals surface area contributed by atoms with Crippen LogP contribution in [0, 0.1) is 23.5 Å². The maximum Gasteiger partial charge on any atom is 0.257 e. The Morgan fingerprint density at radius 3 is 2.67 bits per heavy atom. The van der Waals surface area contributed by atoms with Gasteiger partial charge in [-0.3, -0.25) is 4.79 Å². The molecule has 3 N–H and O–H groups in total. The van der Waals surface area contributed by atoms with Crippen LogP contribution < -0.4 is 11.1 Å². The summed E-state index contributed by atoms with van der Waals surface area (Å²) in [6.07, 6.45) is 0. The summed E-state index contributed by atoms with van der Waals surface area (Å²) in [5, 5.41) is 2.39. The highest BCUT2D eigenvalue weighted by atomic mass is 19.1. The monoisotopic (exact) mass is 286 g/mol. The van der Waals surface area contributed by atoms with Crippen molar-refractivity contribution in [3.05, 3.63) is 65.2 Å². The average molecular weight is 286 g/mol. The minimum Gasteiger partial charge on any atom is -0.320 e. The Morgan fingerprint density at radius 2 is 1.95 bits per heavy atom. The molecular weight excluding hydrogens is 274 g/mol. The fourth-order valence-electron chi connectivity index (χ4n) is 1.72. The van der Waals surface area contributed by atoms with Crippen LogP contribution in [0.5, 0.6) is 0 Å². The van der Waals surface area contributed by atoms with Gasteiger partial charge in [0, 0.05) is 11.6 Å². The number of rotatable bonds is 2. The van der Waals surface area contributed by atoms with Crippen LogP contribution in [0.2, 0.25) is 0 Å². The molecule has 0 spiro atoms. The Labute approximate surface area is 120 Å². The van der Waals surface area contributed by atoms with E-state index in [1.807, 2.05) is 0 Å². The van der Waals surface area contributed by atoms with Crippen molar-refractivity contribution >= 4 is 11.6 Å². The summed E-state index contributed by atoms with van der Waals surface area (Å²) in [7, 11) is 0. The first-order chi connectivity index (χ1) is 10.1. The largest absolute Gasteiger partial charge is 0.320 e. The van der Waals surface area contributed by atoms with Gasteiger partial charge < -0.3 is 11.1 Å². The Balaban J connectivity index is 2.28. The van der Waals surface area contributed by atoms with E-state index in [9.17, 15) is 13.6 Å². The third kappa shape index (κ3) is 3.65. The molecule has 1 amide bonds. The lowest BCUT2D eigenvalue weighted by Gasteiger charge is -2.08. The topological polar surface area (TPSA) is 55.1 Å². The van der Waals surface area contributed by atoms with E-state index in [0.29, 0.717) is 17.2 Å². The number of hydrogen-bond donors (Lipinski definition) is 2. The predicted octanol–water partition coefficient (Wildman–Crippen LogP) is 2.53. The van der Waals surface area contributed by atoms with Crippen molar-refractivity contribution < 1.29 is 13.6 Å². The zero-order valence-corrected chi connectivity index (χ0v) is 11.0. The van der Waals surface area contributed by atoms with E-state index in [2.05, 4.69) is 17.2 Å². The lowest BCUT2D eigenvalue weighted by molar-refractivity contribution is 0.102. The van der Waals surface area contributed by atoms with Crippen molar-refractivity contribution in [1.82, 2.24) is 0 Å². The molecule has 0 fully saturated rings. The van der Waals surface area contributed by atoms with Crippen molar-refractivity contribution in [2.45, 2.75) is 0 Å². The van der Waals surface area contributed by atoms with E-state index in [1.54, 1.807) is 24.3 Å². The van der Waals surface area contributed by atoms with Crippen molar-refractivity contribution in [2.75, 3.05) is 11.9 Å². The van der Waals surface area contributed by atoms with Gasteiger partial charge in [0.25, 0.3) is 5.91 Å². The second-order valence-corrected chi connectivity index (χ2v) is 4.13. The van der Waals surface area contributed by atoms with Crippen molar-refractivity contribution in [1.29, 1.82) is 0 Å². The minimum atomic E-state index is -0.839. The lowest BCUT2D eigenvalue weighted by atomic mass is 10.1. The van der Waals surface area contributed by atoms with Crippen molar-refractivity contribution in [3.8, 4) is 11.8 Å². The second-order valence-electron chi connectivity index (χ2n) is 4.13. The van der Waals surface area contributed by atoms with Gasteiger partial charge >= 0.3 is 0 Å². The fourth-order valence-corrected chi connectivity index (χ4v) is 1.72. The average Bonchev–Trinajstić information content (AvgIpc) is 2.48. The highest BCUT2D eigenvalue weighted by Gasteiger charge is 2.12. The number of carbonyl (C=O) groups excluding carboxylic acids is 1. The van der Waals surface area contributed by atoms with Gasteiger partial charge in [-0.25, -0.2) is 8.78 Å². The molecule has 0 saturated heterocycles. The molecule has 21 heavy (non-hydrogen) atoms. The number of hydrogen-bond acceptors (Lipinski definition) is 2. The summed E-state index contributed by atoms with van der Waals surface area (Å²) in [4.78, 5) is 12.2. The molecule has 0 aliphatic heterocycles. The summed E-state index contributed by atoms with van der Waals surface area (Å²) < 4.78 is 26.4. The summed E-state index contributed by atoms with van der Waals surface area (Å²) in [5.41, 5.74) is 5.99. The van der Waals surface area contributed by atoms with Crippen LogP contribution in [0.15, 0.2) is 42.5 Å². The first kappa shape index (κ1) is 14.7. The normalized spacial score (nSPS) is 9.67. The van der Waals surface area contributed by atoms with Crippen LogP contribution in [0.1, 0.15) is 15.9 Å². The smallest absolute Gasteiger partial charge is 0.257 e. The van der Waals surface area contributed by atoms with Gasteiger partial charge in [-0.05, 0) is 24.3 Å². The minimum absolute atomic E-state index is 0.0945. The van der Waals surface area contributed by atoms with Gasteiger partial charge in [0.05, 0.1) is 17.8 Å². The van der Waals surface area contributed by atoms with E-state index >= 15 is 0 Å². The van der Waals surface area contributed by atoms with E-state index in [1.165, 1.54) is 0 Å². The molecule has 0 aromatic heterocycles.